The van der Waals surface area contributed by atoms with Gasteiger partial charge in [-0.15, -0.1) is 0 Å². The van der Waals surface area contributed by atoms with Gasteiger partial charge in [0.1, 0.15) is 23.1 Å². The molecular formula is C27H40O8Si. The number of carbonyl (C=O) groups excluding carboxylic acids is 2. The van der Waals surface area contributed by atoms with Crippen LogP contribution in [0.3, 0.4) is 0 Å². The van der Waals surface area contributed by atoms with Gasteiger partial charge in [0.2, 0.25) is 0 Å². The average Bonchev–Trinajstić information content (AvgIpc) is 2.97. The van der Waals surface area contributed by atoms with Crippen LogP contribution in [0, 0.1) is 0 Å². The van der Waals surface area contributed by atoms with E-state index < -0.39 is 49.1 Å². The lowest BCUT2D eigenvalue weighted by molar-refractivity contribution is -0.200. The first-order valence-electron chi connectivity index (χ1n) is 12.0. The fourth-order valence-electron chi connectivity index (χ4n) is 3.29. The summed E-state index contributed by atoms with van der Waals surface area (Å²) in [6.07, 6.45) is 1.26. The first kappa shape index (κ1) is 29.6. The number of carboxylic acids is 1. The highest BCUT2D eigenvalue weighted by molar-refractivity contribution is 6.74. The fraction of sp³-hybridized carbons (Fsp3) is 0.593. The van der Waals surface area contributed by atoms with Crippen LogP contribution in [0.15, 0.2) is 24.3 Å². The van der Waals surface area contributed by atoms with Crippen molar-refractivity contribution in [2.24, 2.45) is 0 Å². The predicted molar refractivity (Wildman–Crippen MR) is 139 cm³/mol. The molecule has 0 radical (unpaired) electrons. The Kier molecular flexibility index (Phi) is 7.94. The maximum Gasteiger partial charge on any atom is 0.366 e. The molecule has 9 heteroatoms. The van der Waals surface area contributed by atoms with Crippen molar-refractivity contribution in [3.05, 3.63) is 35.4 Å². The monoisotopic (exact) mass is 520 g/mol. The van der Waals surface area contributed by atoms with Crippen LogP contribution in [0.5, 0.6) is 5.75 Å². The maximum absolute atomic E-state index is 13.8. The second kappa shape index (κ2) is 9.66. The molecule has 200 valence electrons. The van der Waals surface area contributed by atoms with Gasteiger partial charge in [-0.05, 0) is 83.4 Å². The van der Waals surface area contributed by atoms with Crippen molar-refractivity contribution in [2.45, 2.75) is 103 Å². The molecule has 0 fully saturated rings. The molecule has 36 heavy (non-hydrogen) atoms. The SMILES string of the molecule is CC(C)(C)OC(=O)C1(C(=O)OC(C)(C)C)Oc2ccc(/C=C/C(=O)O)cc2C1O[Si](C)(C)C(C)(C)C. The van der Waals surface area contributed by atoms with Crippen molar-refractivity contribution in [1.82, 2.24) is 0 Å². The Balaban J connectivity index is 2.81. The van der Waals surface area contributed by atoms with Gasteiger partial charge in [0.25, 0.3) is 0 Å². The van der Waals surface area contributed by atoms with E-state index in [1.807, 2.05) is 33.9 Å². The molecule has 1 unspecified atom stereocenters. The van der Waals surface area contributed by atoms with E-state index in [0.29, 0.717) is 11.1 Å². The lowest BCUT2D eigenvalue weighted by Gasteiger charge is -2.42. The van der Waals surface area contributed by atoms with Crippen LogP contribution < -0.4 is 4.74 Å². The predicted octanol–water partition coefficient (Wildman–Crippen LogP) is 5.66. The smallest absolute Gasteiger partial charge is 0.366 e. The molecule has 1 aromatic rings. The van der Waals surface area contributed by atoms with Gasteiger partial charge in [-0.1, -0.05) is 26.8 Å². The van der Waals surface area contributed by atoms with E-state index in [2.05, 4.69) is 0 Å². The molecule has 8 nitrogen and oxygen atoms in total. The molecule has 0 amide bonds. The highest BCUT2D eigenvalue weighted by Crippen LogP contribution is 2.52. The van der Waals surface area contributed by atoms with Crippen LogP contribution in [0.1, 0.15) is 79.5 Å². The number of aliphatic carboxylic acids is 1. The number of benzene rings is 1. The summed E-state index contributed by atoms with van der Waals surface area (Å²) >= 11 is 0. The van der Waals surface area contributed by atoms with Gasteiger partial charge in [-0.3, -0.25) is 0 Å². The molecule has 1 aliphatic heterocycles. The van der Waals surface area contributed by atoms with Gasteiger partial charge in [-0.25, -0.2) is 14.4 Å². The van der Waals surface area contributed by atoms with Crippen LogP contribution in [0.2, 0.25) is 18.1 Å². The van der Waals surface area contributed by atoms with Gasteiger partial charge in [0.05, 0.1) is 0 Å². The van der Waals surface area contributed by atoms with Gasteiger partial charge >= 0.3 is 23.5 Å². The average molecular weight is 521 g/mol. The molecule has 0 saturated carbocycles. The quantitative estimate of drug-likeness (QED) is 0.221. The molecule has 1 atom stereocenters. The minimum absolute atomic E-state index is 0.260. The van der Waals surface area contributed by atoms with Crippen molar-refractivity contribution < 1.29 is 38.1 Å². The molecule has 1 heterocycles. The highest BCUT2D eigenvalue weighted by Gasteiger charge is 2.66. The standard InChI is InChI=1S/C27H40O8Si/c1-24(2,3)33-22(30)27(23(31)34-25(4,5)6)21(35-36(10,11)26(7,8)9)18-16-17(13-15-20(28)29)12-14-19(18)32-27/h12-16,21H,1-11H3,(H,28,29)/b15-13+. The van der Waals surface area contributed by atoms with Crippen LogP contribution in [-0.4, -0.2) is 48.1 Å². The fourth-order valence-corrected chi connectivity index (χ4v) is 4.52. The third-order valence-electron chi connectivity index (χ3n) is 6.00. The van der Waals surface area contributed by atoms with Gasteiger partial charge in [0.15, 0.2) is 8.32 Å². The number of carbonyl (C=O) groups is 3. The summed E-state index contributed by atoms with van der Waals surface area (Å²) in [7, 11) is -2.60. The molecular weight excluding hydrogens is 480 g/mol. The lowest BCUT2D eigenvalue weighted by atomic mass is 9.92. The summed E-state index contributed by atoms with van der Waals surface area (Å²) in [6, 6.07) is 4.90. The minimum Gasteiger partial charge on any atom is -0.478 e. The first-order valence-corrected chi connectivity index (χ1v) is 14.9. The summed E-state index contributed by atoms with van der Waals surface area (Å²) < 4.78 is 24.3. The summed E-state index contributed by atoms with van der Waals surface area (Å²) in [5.41, 5.74) is -3.08. The number of fused-ring (bicyclic) bond motifs is 1. The van der Waals surface area contributed by atoms with Crippen molar-refractivity contribution in [2.75, 3.05) is 0 Å². The molecule has 1 aromatic carbocycles. The number of carboxylic acid groups (broad SMARTS) is 1. The van der Waals surface area contributed by atoms with Gasteiger partial charge in [0, 0.05) is 11.6 Å². The number of esters is 2. The van der Waals surface area contributed by atoms with Crippen LogP contribution in [-0.2, 0) is 28.3 Å². The molecule has 0 aromatic heterocycles. The second-order valence-corrected chi connectivity index (χ2v) is 17.3. The van der Waals surface area contributed by atoms with Crippen LogP contribution in [0.25, 0.3) is 6.08 Å². The van der Waals surface area contributed by atoms with Gasteiger partial charge < -0.3 is 23.7 Å². The number of hydrogen-bond acceptors (Lipinski definition) is 7. The Hall–Kier alpha value is -2.65. The molecule has 2 rings (SSSR count). The summed E-state index contributed by atoms with van der Waals surface area (Å²) in [5.74, 6) is -2.65. The van der Waals surface area contributed by atoms with Crippen LogP contribution in [0.4, 0.5) is 0 Å². The third-order valence-corrected chi connectivity index (χ3v) is 10.4. The van der Waals surface area contributed by atoms with E-state index in [1.54, 1.807) is 59.7 Å². The Morgan fingerprint density at radius 3 is 1.86 bits per heavy atom. The van der Waals surface area contributed by atoms with E-state index in [1.165, 1.54) is 6.08 Å². The Bertz CT molecular complexity index is 1020. The molecule has 0 aliphatic carbocycles. The zero-order valence-corrected chi connectivity index (χ0v) is 24.3. The van der Waals surface area contributed by atoms with E-state index in [4.69, 9.17) is 23.7 Å². The largest absolute Gasteiger partial charge is 0.478 e. The second-order valence-electron chi connectivity index (χ2n) is 12.6. The molecule has 0 saturated heterocycles. The van der Waals surface area contributed by atoms with E-state index in [0.717, 1.165) is 6.08 Å². The lowest BCUT2D eigenvalue weighted by Crippen LogP contribution is -2.60. The Labute approximate surface area is 215 Å². The Morgan fingerprint density at radius 1 is 0.944 bits per heavy atom. The summed E-state index contributed by atoms with van der Waals surface area (Å²) in [5, 5.41) is 8.79. The summed E-state index contributed by atoms with van der Waals surface area (Å²) in [4.78, 5) is 38.7. The highest BCUT2D eigenvalue weighted by atomic mass is 28.4. The molecule has 0 spiro atoms. The number of ether oxygens (including phenoxy) is 3. The summed E-state index contributed by atoms with van der Waals surface area (Å²) in [6.45, 7) is 20.4. The molecule has 0 bridgehead atoms. The van der Waals surface area contributed by atoms with Crippen molar-refractivity contribution in [3.63, 3.8) is 0 Å². The van der Waals surface area contributed by atoms with E-state index in [-0.39, 0.29) is 10.8 Å². The van der Waals surface area contributed by atoms with Crippen molar-refractivity contribution >= 4 is 32.3 Å². The van der Waals surface area contributed by atoms with Crippen LogP contribution >= 0.6 is 0 Å². The van der Waals surface area contributed by atoms with Crippen molar-refractivity contribution in [3.8, 4) is 5.75 Å². The Morgan fingerprint density at radius 2 is 1.44 bits per heavy atom. The van der Waals surface area contributed by atoms with Crippen molar-refractivity contribution in [1.29, 1.82) is 0 Å². The molecule has 1 N–H and O–H groups in total. The normalized spacial score (nSPS) is 17.9. The zero-order chi connectivity index (χ0) is 27.9. The topological polar surface area (TPSA) is 108 Å². The van der Waals surface area contributed by atoms with E-state index >= 15 is 0 Å². The number of hydrogen-bond donors (Lipinski definition) is 1. The minimum atomic E-state index is -2.60. The zero-order valence-electron chi connectivity index (χ0n) is 23.3. The van der Waals surface area contributed by atoms with Gasteiger partial charge in [-0.2, -0.15) is 0 Å². The first-order chi connectivity index (χ1) is 16.1. The maximum atomic E-state index is 13.8. The van der Waals surface area contributed by atoms with E-state index in [9.17, 15) is 14.4 Å². The third kappa shape index (κ3) is 6.56. The number of rotatable bonds is 6. The molecule has 1 aliphatic rings.